The van der Waals surface area contributed by atoms with Gasteiger partial charge >= 0.3 is 5.97 Å². The Morgan fingerprint density at radius 1 is 1.05 bits per heavy atom. The van der Waals surface area contributed by atoms with E-state index in [9.17, 15) is 9.59 Å². The van der Waals surface area contributed by atoms with Gasteiger partial charge in [-0.2, -0.15) is 0 Å². The van der Waals surface area contributed by atoms with Crippen molar-refractivity contribution in [2.24, 2.45) is 0 Å². The molecule has 0 aliphatic carbocycles. The van der Waals surface area contributed by atoms with Crippen LogP contribution in [0.5, 0.6) is 0 Å². The van der Waals surface area contributed by atoms with Crippen molar-refractivity contribution in [1.29, 1.82) is 0 Å². The minimum Gasteiger partial charge on any atom is -0.454 e. The van der Waals surface area contributed by atoms with Crippen molar-refractivity contribution in [3.63, 3.8) is 0 Å². The monoisotopic (exact) mass is 281 g/mol. The number of carbonyl (C=O) groups excluding carboxylic acids is 2. The molecule has 0 unspecified atom stereocenters. The van der Waals surface area contributed by atoms with Crippen molar-refractivity contribution in [1.82, 2.24) is 4.98 Å². The number of carbonyl (C=O) groups is 2. The Morgan fingerprint density at radius 3 is 2.67 bits per heavy atom. The zero-order valence-corrected chi connectivity index (χ0v) is 11.0. The molecule has 5 nitrogen and oxygen atoms in total. The molecule has 1 aromatic heterocycles. The fraction of sp³-hybridized carbons (Fsp3) is 0.0625. The van der Waals surface area contributed by atoms with Crippen LogP contribution in [0.4, 0.5) is 0 Å². The van der Waals surface area contributed by atoms with Crippen molar-refractivity contribution >= 4 is 22.9 Å². The molecule has 21 heavy (non-hydrogen) atoms. The highest BCUT2D eigenvalue weighted by atomic mass is 16.5. The van der Waals surface area contributed by atoms with Gasteiger partial charge in [0.2, 0.25) is 0 Å². The number of hydrogen-bond donors (Lipinski definition) is 0. The highest BCUT2D eigenvalue weighted by Gasteiger charge is 2.12. The van der Waals surface area contributed by atoms with Crippen LogP contribution in [0, 0.1) is 0 Å². The van der Waals surface area contributed by atoms with E-state index >= 15 is 0 Å². The van der Waals surface area contributed by atoms with Gasteiger partial charge in [-0.05, 0) is 18.2 Å². The Bertz CT molecular complexity index is 792. The molecule has 0 radical (unpaired) electrons. The molecule has 0 fully saturated rings. The second-order valence-corrected chi connectivity index (χ2v) is 4.40. The lowest BCUT2D eigenvalue weighted by Crippen LogP contribution is -2.14. The Labute approximate surface area is 120 Å². The largest absolute Gasteiger partial charge is 0.454 e. The zero-order chi connectivity index (χ0) is 14.7. The second-order valence-electron chi connectivity index (χ2n) is 4.40. The van der Waals surface area contributed by atoms with Crippen LogP contribution in [0.3, 0.4) is 0 Å². The highest BCUT2D eigenvalue weighted by molar-refractivity contribution is 5.99. The number of fused-ring (bicyclic) bond motifs is 1. The minimum absolute atomic E-state index is 0.244. The average Bonchev–Trinajstić information content (AvgIpc) is 3.00. The van der Waals surface area contributed by atoms with Gasteiger partial charge in [0.15, 0.2) is 24.4 Å². The summed E-state index contributed by atoms with van der Waals surface area (Å²) in [5, 5.41) is 0. The molecule has 0 aliphatic rings. The summed E-state index contributed by atoms with van der Waals surface area (Å²) in [5.41, 5.74) is 2.00. The molecule has 1 heterocycles. The van der Waals surface area contributed by atoms with Crippen LogP contribution in [-0.2, 0) is 4.74 Å². The molecule has 0 saturated carbocycles. The lowest BCUT2D eigenvalue weighted by atomic mass is 10.1. The first kappa shape index (κ1) is 13.1. The van der Waals surface area contributed by atoms with Gasteiger partial charge in [-0.25, -0.2) is 9.78 Å². The van der Waals surface area contributed by atoms with E-state index in [0.29, 0.717) is 22.2 Å². The summed E-state index contributed by atoms with van der Waals surface area (Å²) in [5.74, 6) is -0.810. The maximum Gasteiger partial charge on any atom is 0.338 e. The van der Waals surface area contributed by atoms with Gasteiger partial charge in [0.25, 0.3) is 0 Å². The lowest BCUT2D eigenvalue weighted by molar-refractivity contribution is 0.0475. The summed E-state index contributed by atoms with van der Waals surface area (Å²) in [6, 6.07) is 13.5. The van der Waals surface area contributed by atoms with E-state index in [-0.39, 0.29) is 12.4 Å². The molecule has 0 amide bonds. The molecule has 0 saturated heterocycles. The minimum atomic E-state index is -0.566. The van der Waals surface area contributed by atoms with Crippen LogP contribution in [0.2, 0.25) is 0 Å². The number of aromatic nitrogens is 1. The highest BCUT2D eigenvalue weighted by Crippen LogP contribution is 2.15. The number of benzene rings is 2. The van der Waals surface area contributed by atoms with Crippen LogP contribution < -0.4 is 0 Å². The van der Waals surface area contributed by atoms with Crippen LogP contribution >= 0.6 is 0 Å². The second kappa shape index (κ2) is 5.58. The summed E-state index contributed by atoms with van der Waals surface area (Å²) < 4.78 is 10.1. The third-order valence-corrected chi connectivity index (χ3v) is 3.00. The first-order valence-corrected chi connectivity index (χ1v) is 6.32. The van der Waals surface area contributed by atoms with E-state index in [1.807, 2.05) is 6.07 Å². The van der Waals surface area contributed by atoms with Gasteiger partial charge < -0.3 is 9.15 Å². The number of ketones is 1. The SMILES string of the molecule is O=C(COC(=O)c1ccc2ocnc2c1)c1ccccc1. The molecule has 3 rings (SSSR count). The maximum atomic E-state index is 11.9. The number of oxazole rings is 1. The summed E-state index contributed by atoms with van der Waals surface area (Å²) >= 11 is 0. The average molecular weight is 281 g/mol. The van der Waals surface area contributed by atoms with Crippen molar-refractivity contribution in [3.8, 4) is 0 Å². The van der Waals surface area contributed by atoms with Gasteiger partial charge in [-0.15, -0.1) is 0 Å². The van der Waals surface area contributed by atoms with Crippen LogP contribution in [0.25, 0.3) is 11.1 Å². The van der Waals surface area contributed by atoms with Gasteiger partial charge in [0.1, 0.15) is 5.52 Å². The summed E-state index contributed by atoms with van der Waals surface area (Å²) in [6.45, 7) is -0.292. The van der Waals surface area contributed by atoms with Crippen LogP contribution in [0.15, 0.2) is 59.3 Å². The summed E-state index contributed by atoms with van der Waals surface area (Å²) in [7, 11) is 0. The van der Waals surface area contributed by atoms with E-state index in [4.69, 9.17) is 9.15 Å². The Kier molecular flexibility index (Phi) is 3.47. The molecule has 0 N–H and O–H groups in total. The first-order valence-electron chi connectivity index (χ1n) is 6.32. The Balaban J connectivity index is 1.67. The van der Waals surface area contributed by atoms with Crippen LogP contribution in [0.1, 0.15) is 20.7 Å². The molecule has 0 spiro atoms. The van der Waals surface area contributed by atoms with Gasteiger partial charge in [-0.3, -0.25) is 4.79 Å². The number of ether oxygens (including phenoxy) is 1. The number of rotatable bonds is 4. The quantitative estimate of drug-likeness (QED) is 0.543. The van der Waals surface area contributed by atoms with Crippen molar-refractivity contribution < 1.29 is 18.7 Å². The number of nitrogens with zero attached hydrogens (tertiary/aromatic N) is 1. The molecule has 3 aromatic rings. The van der Waals surface area contributed by atoms with Gasteiger partial charge in [-0.1, -0.05) is 30.3 Å². The van der Waals surface area contributed by atoms with E-state index in [1.54, 1.807) is 42.5 Å². The number of hydrogen-bond acceptors (Lipinski definition) is 5. The Morgan fingerprint density at radius 2 is 1.86 bits per heavy atom. The fourth-order valence-corrected chi connectivity index (χ4v) is 1.91. The van der Waals surface area contributed by atoms with Crippen molar-refractivity contribution in [2.45, 2.75) is 0 Å². The predicted octanol–water partition coefficient (Wildman–Crippen LogP) is 2.87. The fourth-order valence-electron chi connectivity index (χ4n) is 1.91. The number of esters is 1. The molecule has 0 bridgehead atoms. The summed E-state index contributed by atoms with van der Waals surface area (Å²) in [4.78, 5) is 27.7. The third kappa shape index (κ3) is 2.81. The molecule has 0 aliphatic heterocycles. The topological polar surface area (TPSA) is 69.4 Å². The van der Waals surface area contributed by atoms with Gasteiger partial charge in [0, 0.05) is 5.56 Å². The van der Waals surface area contributed by atoms with Crippen molar-refractivity contribution in [3.05, 3.63) is 66.1 Å². The molecular weight excluding hydrogens is 270 g/mol. The maximum absolute atomic E-state index is 11.9. The standard InChI is InChI=1S/C16H11NO4/c18-14(11-4-2-1-3-5-11)9-20-16(19)12-6-7-15-13(8-12)17-10-21-15/h1-8,10H,9H2. The molecule has 5 heteroatoms. The lowest BCUT2D eigenvalue weighted by Gasteiger charge is -2.04. The predicted molar refractivity (Wildman–Crippen MR) is 75.1 cm³/mol. The molecule has 2 aromatic carbocycles. The molecule has 0 atom stereocenters. The van der Waals surface area contributed by atoms with E-state index < -0.39 is 5.97 Å². The smallest absolute Gasteiger partial charge is 0.338 e. The molecular formula is C16H11NO4. The van der Waals surface area contributed by atoms with E-state index in [0.717, 1.165) is 0 Å². The van der Waals surface area contributed by atoms with Crippen LogP contribution in [-0.4, -0.2) is 23.3 Å². The normalized spacial score (nSPS) is 10.5. The van der Waals surface area contributed by atoms with Gasteiger partial charge in [0.05, 0.1) is 5.56 Å². The molecule has 104 valence electrons. The summed E-state index contributed by atoms with van der Waals surface area (Å²) in [6.07, 6.45) is 1.30. The Hall–Kier alpha value is -2.95. The van der Waals surface area contributed by atoms with E-state index in [1.165, 1.54) is 6.39 Å². The van der Waals surface area contributed by atoms with Crippen molar-refractivity contribution in [2.75, 3.05) is 6.61 Å². The van der Waals surface area contributed by atoms with E-state index in [2.05, 4.69) is 4.98 Å². The number of Topliss-reactive ketones (excluding diaryl/α,β-unsaturated/α-hetero) is 1. The third-order valence-electron chi connectivity index (χ3n) is 3.00. The zero-order valence-electron chi connectivity index (χ0n) is 11.0. The first-order chi connectivity index (χ1) is 10.2.